The second kappa shape index (κ2) is 5.08. The lowest BCUT2D eigenvalue weighted by atomic mass is 10.0. The summed E-state index contributed by atoms with van der Waals surface area (Å²) in [5, 5.41) is 0. The van der Waals surface area contributed by atoms with E-state index in [0.717, 1.165) is 24.1 Å². The molecule has 0 saturated carbocycles. The van der Waals surface area contributed by atoms with E-state index in [2.05, 4.69) is 0 Å². The lowest BCUT2D eigenvalue weighted by molar-refractivity contribution is 0.103. The van der Waals surface area contributed by atoms with Crippen molar-refractivity contribution in [2.24, 2.45) is 0 Å². The molecule has 0 aliphatic heterocycles. The van der Waals surface area contributed by atoms with E-state index in [0.29, 0.717) is 5.56 Å². The van der Waals surface area contributed by atoms with E-state index < -0.39 is 11.6 Å². The van der Waals surface area contributed by atoms with Gasteiger partial charge in [-0.2, -0.15) is 0 Å². The van der Waals surface area contributed by atoms with Gasteiger partial charge in [0.1, 0.15) is 0 Å². The first-order valence-electron chi connectivity index (χ1n) is 5.70. The zero-order valence-corrected chi connectivity index (χ0v) is 9.91. The summed E-state index contributed by atoms with van der Waals surface area (Å²) in [4.78, 5) is 12.0. The summed E-state index contributed by atoms with van der Waals surface area (Å²) < 4.78 is 25.8. The highest BCUT2D eigenvalue weighted by molar-refractivity contribution is 6.08. The minimum absolute atomic E-state index is 0.151. The summed E-state index contributed by atoms with van der Waals surface area (Å²) in [7, 11) is 0. The molecular weight excluding hydrogens is 234 g/mol. The first-order chi connectivity index (χ1) is 8.61. The van der Waals surface area contributed by atoms with Crippen molar-refractivity contribution in [3.63, 3.8) is 0 Å². The van der Waals surface area contributed by atoms with Crippen LogP contribution in [0.3, 0.4) is 0 Å². The number of ketones is 1. The van der Waals surface area contributed by atoms with E-state index in [4.69, 9.17) is 0 Å². The molecule has 0 radical (unpaired) electrons. The highest BCUT2D eigenvalue weighted by atomic mass is 19.2. The second-order valence-electron chi connectivity index (χ2n) is 4.01. The molecule has 0 fully saturated rings. The van der Waals surface area contributed by atoms with Gasteiger partial charge in [-0.1, -0.05) is 31.2 Å². The Labute approximate surface area is 104 Å². The van der Waals surface area contributed by atoms with Crippen LogP contribution in [-0.4, -0.2) is 5.78 Å². The summed E-state index contributed by atoms with van der Waals surface area (Å²) in [5.41, 5.74) is 1.74. The van der Waals surface area contributed by atoms with Crippen molar-refractivity contribution < 1.29 is 13.6 Å². The highest BCUT2D eigenvalue weighted by Gasteiger charge is 2.11. The number of hydrogen-bond donors (Lipinski definition) is 0. The van der Waals surface area contributed by atoms with Crippen LogP contribution in [0.1, 0.15) is 28.4 Å². The number of hydrogen-bond acceptors (Lipinski definition) is 1. The van der Waals surface area contributed by atoms with Gasteiger partial charge in [0.2, 0.25) is 0 Å². The fourth-order valence-electron chi connectivity index (χ4n) is 1.70. The SMILES string of the molecule is CCc1ccc(C(=O)c2ccc(F)c(F)c2)cc1. The minimum atomic E-state index is -1.01. The molecule has 1 nitrogen and oxygen atoms in total. The van der Waals surface area contributed by atoms with Crippen LogP contribution in [0.4, 0.5) is 8.78 Å². The quantitative estimate of drug-likeness (QED) is 0.754. The van der Waals surface area contributed by atoms with Crippen molar-refractivity contribution in [3.8, 4) is 0 Å². The van der Waals surface area contributed by atoms with Crippen molar-refractivity contribution >= 4 is 5.78 Å². The molecule has 0 N–H and O–H groups in total. The number of benzene rings is 2. The van der Waals surface area contributed by atoms with Gasteiger partial charge in [-0.25, -0.2) is 8.78 Å². The predicted molar refractivity (Wildman–Crippen MR) is 65.6 cm³/mol. The fraction of sp³-hybridized carbons (Fsp3) is 0.133. The standard InChI is InChI=1S/C15H12F2O/c1-2-10-3-5-11(6-4-10)15(18)12-7-8-13(16)14(17)9-12/h3-9H,2H2,1H3. The van der Waals surface area contributed by atoms with Gasteiger partial charge in [0, 0.05) is 11.1 Å². The molecule has 0 bridgehead atoms. The smallest absolute Gasteiger partial charge is 0.193 e. The molecule has 0 atom stereocenters. The van der Waals surface area contributed by atoms with E-state index in [1.807, 2.05) is 19.1 Å². The van der Waals surface area contributed by atoms with Crippen LogP contribution in [-0.2, 0) is 6.42 Å². The molecule has 2 aromatic carbocycles. The molecule has 0 aliphatic carbocycles. The lowest BCUT2D eigenvalue weighted by Crippen LogP contribution is -2.02. The van der Waals surface area contributed by atoms with Crippen LogP contribution in [0, 0.1) is 11.6 Å². The molecule has 0 aromatic heterocycles. The van der Waals surface area contributed by atoms with Crippen LogP contribution in [0.5, 0.6) is 0 Å². The molecule has 2 aromatic rings. The topological polar surface area (TPSA) is 17.1 Å². The first kappa shape index (κ1) is 12.4. The molecule has 2 rings (SSSR count). The van der Waals surface area contributed by atoms with Crippen molar-refractivity contribution in [2.45, 2.75) is 13.3 Å². The number of carbonyl (C=O) groups is 1. The normalized spacial score (nSPS) is 10.4. The third-order valence-electron chi connectivity index (χ3n) is 2.81. The van der Waals surface area contributed by atoms with Crippen LogP contribution in [0.15, 0.2) is 42.5 Å². The fourth-order valence-corrected chi connectivity index (χ4v) is 1.70. The van der Waals surface area contributed by atoms with Gasteiger partial charge in [-0.15, -0.1) is 0 Å². The average molecular weight is 246 g/mol. The Morgan fingerprint density at radius 2 is 1.56 bits per heavy atom. The summed E-state index contributed by atoms with van der Waals surface area (Å²) in [6.07, 6.45) is 0.889. The number of aryl methyl sites for hydroxylation is 1. The zero-order valence-electron chi connectivity index (χ0n) is 9.91. The molecule has 0 saturated heterocycles. The first-order valence-corrected chi connectivity index (χ1v) is 5.70. The molecule has 0 amide bonds. The summed E-state index contributed by atoms with van der Waals surface area (Å²) in [5.74, 6) is -2.27. The third-order valence-corrected chi connectivity index (χ3v) is 2.81. The second-order valence-corrected chi connectivity index (χ2v) is 4.01. The zero-order chi connectivity index (χ0) is 13.1. The lowest BCUT2D eigenvalue weighted by Gasteiger charge is -2.03. The molecule has 0 unspecified atom stereocenters. The number of rotatable bonds is 3. The molecule has 3 heteroatoms. The molecule has 0 heterocycles. The van der Waals surface area contributed by atoms with E-state index in [1.54, 1.807) is 12.1 Å². The van der Waals surface area contributed by atoms with Gasteiger partial charge < -0.3 is 0 Å². The van der Waals surface area contributed by atoms with Gasteiger partial charge in [-0.3, -0.25) is 4.79 Å². The van der Waals surface area contributed by atoms with Crippen molar-refractivity contribution in [2.75, 3.05) is 0 Å². The molecule has 0 aliphatic rings. The average Bonchev–Trinajstić information content (AvgIpc) is 2.41. The van der Waals surface area contributed by atoms with Gasteiger partial charge in [0.25, 0.3) is 0 Å². The maximum absolute atomic E-state index is 13.0. The van der Waals surface area contributed by atoms with E-state index >= 15 is 0 Å². The molecule has 92 valence electrons. The highest BCUT2D eigenvalue weighted by Crippen LogP contribution is 2.14. The monoisotopic (exact) mass is 246 g/mol. The summed E-state index contributed by atoms with van der Waals surface area (Å²) in [6.45, 7) is 2.02. The Morgan fingerprint density at radius 1 is 0.944 bits per heavy atom. The van der Waals surface area contributed by atoms with Crippen molar-refractivity contribution in [3.05, 3.63) is 70.8 Å². The Morgan fingerprint density at radius 3 is 2.11 bits per heavy atom. The predicted octanol–water partition coefficient (Wildman–Crippen LogP) is 3.76. The maximum atomic E-state index is 13.0. The third kappa shape index (κ3) is 2.45. The van der Waals surface area contributed by atoms with Crippen LogP contribution in [0.2, 0.25) is 0 Å². The Bertz CT molecular complexity index is 574. The van der Waals surface area contributed by atoms with Crippen molar-refractivity contribution in [1.29, 1.82) is 0 Å². The minimum Gasteiger partial charge on any atom is -0.289 e. The van der Waals surface area contributed by atoms with Crippen LogP contribution < -0.4 is 0 Å². The van der Waals surface area contributed by atoms with Crippen LogP contribution >= 0.6 is 0 Å². The molecular formula is C15H12F2O. The number of carbonyl (C=O) groups excluding carboxylic acids is 1. The van der Waals surface area contributed by atoms with Crippen molar-refractivity contribution in [1.82, 2.24) is 0 Å². The summed E-state index contributed by atoms with van der Waals surface area (Å²) >= 11 is 0. The largest absolute Gasteiger partial charge is 0.289 e. The number of halogens is 2. The van der Waals surface area contributed by atoms with Gasteiger partial charge in [0.15, 0.2) is 17.4 Å². The van der Waals surface area contributed by atoms with E-state index in [1.165, 1.54) is 6.07 Å². The van der Waals surface area contributed by atoms with Gasteiger partial charge in [0.05, 0.1) is 0 Å². The van der Waals surface area contributed by atoms with Crippen LogP contribution in [0.25, 0.3) is 0 Å². The molecule has 0 spiro atoms. The Balaban J connectivity index is 2.32. The Hall–Kier alpha value is -2.03. The van der Waals surface area contributed by atoms with E-state index in [9.17, 15) is 13.6 Å². The summed E-state index contributed by atoms with van der Waals surface area (Å²) in [6, 6.07) is 10.3. The Kier molecular flexibility index (Phi) is 3.51. The van der Waals surface area contributed by atoms with Gasteiger partial charge >= 0.3 is 0 Å². The van der Waals surface area contributed by atoms with Gasteiger partial charge in [-0.05, 0) is 30.2 Å². The maximum Gasteiger partial charge on any atom is 0.193 e. The molecule has 18 heavy (non-hydrogen) atoms. The van der Waals surface area contributed by atoms with E-state index in [-0.39, 0.29) is 11.3 Å².